The molecule has 1 aromatic carbocycles. The summed E-state index contributed by atoms with van der Waals surface area (Å²) in [7, 11) is 0. The lowest BCUT2D eigenvalue weighted by Crippen LogP contribution is -2.03. The normalized spacial score (nSPS) is 10.7. The van der Waals surface area contributed by atoms with Crippen molar-refractivity contribution >= 4 is 22.6 Å². The van der Waals surface area contributed by atoms with Gasteiger partial charge in [-0.3, -0.25) is 4.79 Å². The molecule has 0 unspecified atom stereocenters. The van der Waals surface area contributed by atoms with E-state index in [2.05, 4.69) is 4.98 Å². The number of fused-ring (bicyclic) bond motifs is 1. The van der Waals surface area contributed by atoms with E-state index >= 15 is 0 Å². The summed E-state index contributed by atoms with van der Waals surface area (Å²) in [6.45, 7) is 0. The summed E-state index contributed by atoms with van der Waals surface area (Å²) in [6, 6.07) is 12.8. The van der Waals surface area contributed by atoms with Crippen LogP contribution in [-0.4, -0.2) is 10.8 Å². The van der Waals surface area contributed by atoms with Gasteiger partial charge >= 0.3 is 0 Å². The van der Waals surface area contributed by atoms with E-state index in [0.29, 0.717) is 11.6 Å². The number of hydrogen-bond acceptors (Lipinski definition) is 4. The first kappa shape index (κ1) is 11.5. The highest BCUT2D eigenvalue weighted by molar-refractivity contribution is 5.98. The first-order chi connectivity index (χ1) is 9.22. The van der Waals surface area contributed by atoms with Crippen LogP contribution in [0.2, 0.25) is 0 Å². The molecule has 2 N–H and O–H groups in total. The van der Waals surface area contributed by atoms with E-state index in [1.54, 1.807) is 24.4 Å². The van der Waals surface area contributed by atoms with Gasteiger partial charge in [-0.15, -0.1) is 0 Å². The van der Waals surface area contributed by atoms with Gasteiger partial charge in [-0.25, -0.2) is 4.98 Å². The van der Waals surface area contributed by atoms with Crippen LogP contribution in [0, 0.1) is 0 Å². The molecule has 3 rings (SSSR count). The fourth-order valence-electron chi connectivity index (χ4n) is 2.00. The third kappa shape index (κ3) is 2.33. The first-order valence-corrected chi connectivity index (χ1v) is 5.94. The van der Waals surface area contributed by atoms with E-state index in [9.17, 15) is 4.79 Å². The van der Waals surface area contributed by atoms with Gasteiger partial charge in [0.05, 0.1) is 0 Å². The monoisotopic (exact) mass is 252 g/mol. The summed E-state index contributed by atoms with van der Waals surface area (Å²) < 4.78 is 5.54. The Hall–Kier alpha value is -2.62. The number of ketones is 1. The third-order valence-electron chi connectivity index (χ3n) is 2.91. The molecule has 0 saturated carbocycles. The van der Waals surface area contributed by atoms with Crippen molar-refractivity contribution < 1.29 is 9.21 Å². The number of Topliss-reactive ketones (excluding diaryl/α,β-unsaturated/α-hetero) is 1. The summed E-state index contributed by atoms with van der Waals surface area (Å²) in [5.74, 6) is 0.716. The molecule has 4 heteroatoms. The Morgan fingerprint density at radius 3 is 2.84 bits per heavy atom. The molecule has 0 saturated heterocycles. The number of hydrogen-bond donors (Lipinski definition) is 1. The molecule has 0 aliphatic heterocycles. The lowest BCUT2D eigenvalue weighted by atomic mass is 10.1. The predicted octanol–water partition coefficient (Wildman–Crippen LogP) is 2.84. The Bertz CT molecular complexity index is 713. The molecule has 2 aromatic heterocycles. The standard InChI is InChI=1S/C15H12N2O2/c16-15-8-10(5-6-17-15)7-12(18)14-9-11-3-1-2-4-13(11)19-14/h1-6,8-9H,7H2,(H2,16,17). The summed E-state index contributed by atoms with van der Waals surface area (Å²) >= 11 is 0. The second-order valence-electron chi connectivity index (χ2n) is 4.34. The maximum Gasteiger partial charge on any atom is 0.202 e. The third-order valence-corrected chi connectivity index (χ3v) is 2.91. The Balaban J connectivity index is 1.87. The average molecular weight is 252 g/mol. The molecular weight excluding hydrogens is 240 g/mol. The summed E-state index contributed by atoms with van der Waals surface area (Å²) in [5.41, 5.74) is 7.14. The van der Waals surface area contributed by atoms with Gasteiger partial charge in [-0.2, -0.15) is 0 Å². The van der Waals surface area contributed by atoms with Gasteiger partial charge in [0.1, 0.15) is 11.4 Å². The van der Waals surface area contributed by atoms with E-state index in [4.69, 9.17) is 10.2 Å². The van der Waals surface area contributed by atoms with Gasteiger partial charge in [0.15, 0.2) is 5.76 Å². The minimum absolute atomic E-state index is 0.0678. The molecule has 0 bridgehead atoms. The van der Waals surface area contributed by atoms with Gasteiger partial charge in [0.25, 0.3) is 0 Å². The average Bonchev–Trinajstić information content (AvgIpc) is 2.82. The predicted molar refractivity (Wildman–Crippen MR) is 72.9 cm³/mol. The summed E-state index contributed by atoms with van der Waals surface area (Å²) in [5, 5.41) is 0.931. The molecule has 0 aliphatic carbocycles. The minimum Gasteiger partial charge on any atom is -0.453 e. The largest absolute Gasteiger partial charge is 0.453 e. The van der Waals surface area contributed by atoms with Crippen LogP contribution in [0.15, 0.2) is 53.1 Å². The zero-order valence-electron chi connectivity index (χ0n) is 10.2. The molecule has 0 amide bonds. The number of para-hydroxylation sites is 1. The fraction of sp³-hybridized carbons (Fsp3) is 0.0667. The molecule has 3 aromatic rings. The van der Waals surface area contributed by atoms with Gasteiger partial charge in [0.2, 0.25) is 5.78 Å². The van der Waals surface area contributed by atoms with Crippen LogP contribution in [-0.2, 0) is 6.42 Å². The molecular formula is C15H12N2O2. The van der Waals surface area contributed by atoms with Crippen molar-refractivity contribution in [2.24, 2.45) is 0 Å². The Kier molecular flexibility index (Phi) is 2.76. The van der Waals surface area contributed by atoms with Crippen molar-refractivity contribution in [3.8, 4) is 0 Å². The topological polar surface area (TPSA) is 69.1 Å². The van der Waals surface area contributed by atoms with E-state index in [0.717, 1.165) is 16.5 Å². The molecule has 0 radical (unpaired) electrons. The second kappa shape index (κ2) is 4.57. The zero-order chi connectivity index (χ0) is 13.2. The lowest BCUT2D eigenvalue weighted by molar-refractivity contribution is 0.0968. The van der Waals surface area contributed by atoms with Gasteiger partial charge in [0, 0.05) is 18.0 Å². The molecule has 4 nitrogen and oxygen atoms in total. The fourth-order valence-corrected chi connectivity index (χ4v) is 2.00. The van der Waals surface area contributed by atoms with Crippen molar-refractivity contribution in [3.05, 3.63) is 60.0 Å². The molecule has 0 fully saturated rings. The highest BCUT2D eigenvalue weighted by atomic mass is 16.3. The lowest BCUT2D eigenvalue weighted by Gasteiger charge is -1.99. The molecule has 19 heavy (non-hydrogen) atoms. The highest BCUT2D eigenvalue weighted by Crippen LogP contribution is 2.20. The van der Waals surface area contributed by atoms with Gasteiger partial charge < -0.3 is 10.2 Å². The Morgan fingerprint density at radius 1 is 1.21 bits per heavy atom. The van der Waals surface area contributed by atoms with Crippen LogP contribution in [0.1, 0.15) is 16.1 Å². The first-order valence-electron chi connectivity index (χ1n) is 5.94. The van der Waals surface area contributed by atoms with Crippen molar-refractivity contribution in [2.45, 2.75) is 6.42 Å². The number of pyridine rings is 1. The number of nitrogens with zero attached hydrogens (tertiary/aromatic N) is 1. The van der Waals surface area contributed by atoms with Crippen LogP contribution >= 0.6 is 0 Å². The number of rotatable bonds is 3. The minimum atomic E-state index is -0.0678. The van der Waals surface area contributed by atoms with Crippen LogP contribution < -0.4 is 5.73 Å². The number of carbonyl (C=O) groups excluding carboxylic acids is 1. The van der Waals surface area contributed by atoms with E-state index in [1.165, 1.54) is 0 Å². The molecule has 2 heterocycles. The number of furan rings is 1. The van der Waals surface area contributed by atoms with Crippen molar-refractivity contribution in [3.63, 3.8) is 0 Å². The van der Waals surface area contributed by atoms with E-state index in [-0.39, 0.29) is 12.2 Å². The summed E-state index contributed by atoms with van der Waals surface area (Å²) in [4.78, 5) is 16.0. The smallest absolute Gasteiger partial charge is 0.202 e. The van der Waals surface area contributed by atoms with Crippen LogP contribution in [0.25, 0.3) is 11.0 Å². The SMILES string of the molecule is Nc1cc(CC(=O)c2cc3ccccc3o2)ccn1. The number of aromatic nitrogens is 1. The van der Waals surface area contributed by atoms with Gasteiger partial charge in [-0.1, -0.05) is 18.2 Å². The molecule has 0 aliphatic rings. The number of anilines is 1. The van der Waals surface area contributed by atoms with Crippen LogP contribution in [0.4, 0.5) is 5.82 Å². The van der Waals surface area contributed by atoms with Crippen LogP contribution in [0.3, 0.4) is 0 Å². The summed E-state index contributed by atoms with van der Waals surface area (Å²) in [6.07, 6.45) is 1.85. The van der Waals surface area contributed by atoms with Crippen LogP contribution in [0.5, 0.6) is 0 Å². The maximum atomic E-state index is 12.1. The molecule has 0 atom stereocenters. The number of nitrogens with two attached hydrogens (primary N) is 1. The van der Waals surface area contributed by atoms with Gasteiger partial charge in [-0.05, 0) is 29.8 Å². The maximum absolute atomic E-state index is 12.1. The van der Waals surface area contributed by atoms with Crippen molar-refractivity contribution in [1.82, 2.24) is 4.98 Å². The molecule has 0 spiro atoms. The quantitative estimate of drug-likeness (QED) is 0.728. The van der Waals surface area contributed by atoms with E-state index in [1.807, 2.05) is 24.3 Å². The second-order valence-corrected chi connectivity index (χ2v) is 4.34. The highest BCUT2D eigenvalue weighted by Gasteiger charge is 2.12. The Morgan fingerprint density at radius 2 is 2.05 bits per heavy atom. The van der Waals surface area contributed by atoms with Crippen molar-refractivity contribution in [2.75, 3.05) is 5.73 Å². The van der Waals surface area contributed by atoms with E-state index < -0.39 is 0 Å². The van der Waals surface area contributed by atoms with Crippen molar-refractivity contribution in [1.29, 1.82) is 0 Å². The number of benzene rings is 1. The molecule has 94 valence electrons. The number of carbonyl (C=O) groups is 1. The Labute approximate surface area is 109 Å². The zero-order valence-corrected chi connectivity index (χ0v) is 10.2. The number of nitrogen functional groups attached to an aromatic ring is 1.